The SMILES string of the molecule is C=C(C)C(=O)NCC[N+](C)(C)CCC(=O)O. The lowest BCUT2D eigenvalue weighted by Crippen LogP contribution is -2.46. The van der Waals surface area contributed by atoms with Crippen molar-refractivity contribution in [2.75, 3.05) is 33.7 Å². The molecule has 1 amide bonds. The summed E-state index contributed by atoms with van der Waals surface area (Å²) in [5.41, 5.74) is 0.482. The molecule has 0 aromatic heterocycles. The maximum atomic E-state index is 11.2. The molecule has 0 aromatic carbocycles. The van der Waals surface area contributed by atoms with Crippen LogP contribution in [0.5, 0.6) is 0 Å². The van der Waals surface area contributed by atoms with E-state index in [2.05, 4.69) is 11.9 Å². The summed E-state index contributed by atoms with van der Waals surface area (Å²) in [6, 6.07) is 0. The minimum absolute atomic E-state index is 0.140. The third kappa shape index (κ3) is 7.00. The fourth-order valence-electron chi connectivity index (χ4n) is 1.13. The van der Waals surface area contributed by atoms with Gasteiger partial charge in [0.2, 0.25) is 5.91 Å². The number of amides is 1. The summed E-state index contributed by atoms with van der Waals surface area (Å²) in [7, 11) is 3.88. The lowest BCUT2D eigenvalue weighted by molar-refractivity contribution is -0.888. The van der Waals surface area contributed by atoms with Crippen LogP contribution in [0.4, 0.5) is 0 Å². The first-order valence-electron chi connectivity index (χ1n) is 5.22. The van der Waals surface area contributed by atoms with Crippen molar-refractivity contribution in [1.82, 2.24) is 5.32 Å². The molecule has 0 aliphatic heterocycles. The van der Waals surface area contributed by atoms with E-state index < -0.39 is 5.97 Å². The first kappa shape index (κ1) is 14.6. The monoisotopic (exact) mass is 229 g/mol. The number of rotatable bonds is 7. The van der Waals surface area contributed by atoms with Crippen molar-refractivity contribution in [2.24, 2.45) is 0 Å². The predicted molar refractivity (Wildman–Crippen MR) is 61.9 cm³/mol. The number of nitrogens with zero attached hydrogens (tertiary/aromatic N) is 1. The van der Waals surface area contributed by atoms with Gasteiger partial charge in [-0.2, -0.15) is 0 Å². The van der Waals surface area contributed by atoms with Gasteiger partial charge in [-0.3, -0.25) is 9.59 Å². The summed E-state index contributed by atoms with van der Waals surface area (Å²) in [6.07, 6.45) is 0.140. The molecule has 0 aliphatic carbocycles. The fourth-order valence-corrected chi connectivity index (χ4v) is 1.13. The van der Waals surface area contributed by atoms with E-state index in [0.717, 1.165) is 0 Å². The van der Waals surface area contributed by atoms with Crippen LogP contribution in [0.2, 0.25) is 0 Å². The smallest absolute Gasteiger partial charge is 0.309 e. The fraction of sp³-hybridized carbons (Fsp3) is 0.636. The second-order valence-electron chi connectivity index (χ2n) is 4.56. The van der Waals surface area contributed by atoms with Gasteiger partial charge in [0, 0.05) is 5.57 Å². The van der Waals surface area contributed by atoms with Crippen molar-refractivity contribution in [3.63, 3.8) is 0 Å². The second-order valence-corrected chi connectivity index (χ2v) is 4.56. The zero-order chi connectivity index (χ0) is 12.8. The number of carboxylic acids is 1. The van der Waals surface area contributed by atoms with Gasteiger partial charge in [-0.1, -0.05) is 6.58 Å². The van der Waals surface area contributed by atoms with Crippen LogP contribution in [0, 0.1) is 0 Å². The molecule has 0 aliphatic rings. The van der Waals surface area contributed by atoms with Gasteiger partial charge in [-0.15, -0.1) is 0 Å². The van der Waals surface area contributed by atoms with Crippen LogP contribution >= 0.6 is 0 Å². The molecule has 92 valence electrons. The van der Waals surface area contributed by atoms with E-state index in [9.17, 15) is 9.59 Å². The normalized spacial score (nSPS) is 10.9. The highest BCUT2D eigenvalue weighted by Crippen LogP contribution is 1.98. The first-order chi connectivity index (χ1) is 7.24. The Labute approximate surface area is 96.3 Å². The zero-order valence-corrected chi connectivity index (χ0v) is 10.2. The van der Waals surface area contributed by atoms with E-state index in [4.69, 9.17) is 5.11 Å². The molecule has 2 N–H and O–H groups in total. The van der Waals surface area contributed by atoms with Gasteiger partial charge in [0.05, 0.1) is 40.2 Å². The van der Waals surface area contributed by atoms with Crippen molar-refractivity contribution in [1.29, 1.82) is 0 Å². The Morgan fingerprint density at radius 2 is 1.88 bits per heavy atom. The van der Waals surface area contributed by atoms with Gasteiger partial charge < -0.3 is 14.9 Å². The van der Waals surface area contributed by atoms with Crippen molar-refractivity contribution < 1.29 is 19.2 Å². The Hall–Kier alpha value is -1.36. The van der Waals surface area contributed by atoms with E-state index in [1.807, 2.05) is 14.1 Å². The van der Waals surface area contributed by atoms with Gasteiger partial charge in [0.15, 0.2) is 0 Å². The van der Waals surface area contributed by atoms with Crippen LogP contribution in [-0.4, -0.2) is 55.2 Å². The van der Waals surface area contributed by atoms with E-state index in [1.54, 1.807) is 6.92 Å². The van der Waals surface area contributed by atoms with Crippen molar-refractivity contribution in [2.45, 2.75) is 13.3 Å². The number of hydrogen-bond donors (Lipinski definition) is 2. The molecule has 16 heavy (non-hydrogen) atoms. The molecular weight excluding hydrogens is 208 g/mol. The maximum absolute atomic E-state index is 11.2. The lowest BCUT2D eigenvalue weighted by Gasteiger charge is -2.29. The Balaban J connectivity index is 3.86. The molecule has 0 fully saturated rings. The average Bonchev–Trinajstić information content (AvgIpc) is 2.14. The molecule has 5 nitrogen and oxygen atoms in total. The number of carbonyl (C=O) groups excluding carboxylic acids is 1. The molecule has 0 heterocycles. The molecule has 0 bridgehead atoms. The largest absolute Gasteiger partial charge is 0.481 e. The number of carboxylic acid groups (broad SMARTS) is 1. The van der Waals surface area contributed by atoms with Crippen LogP contribution in [0.3, 0.4) is 0 Å². The maximum Gasteiger partial charge on any atom is 0.309 e. The predicted octanol–water partition coefficient (Wildman–Crippen LogP) is 0.230. The van der Waals surface area contributed by atoms with Crippen molar-refractivity contribution in [3.8, 4) is 0 Å². The summed E-state index contributed by atoms with van der Waals surface area (Å²) in [5.74, 6) is -0.949. The summed E-state index contributed by atoms with van der Waals surface area (Å²) in [4.78, 5) is 21.6. The number of nitrogens with one attached hydrogen (secondary N) is 1. The molecule has 0 atom stereocenters. The van der Waals surface area contributed by atoms with Crippen molar-refractivity contribution in [3.05, 3.63) is 12.2 Å². The van der Waals surface area contributed by atoms with E-state index >= 15 is 0 Å². The Bertz CT molecular complexity index is 285. The number of carbonyl (C=O) groups is 2. The third-order valence-corrected chi connectivity index (χ3v) is 2.32. The standard InChI is InChI=1S/C11H20N2O3/c1-9(2)11(16)12-6-8-13(3,4)7-5-10(14)15/h1,5-8H2,2-4H3,(H-,12,14,15,16)/p+1. The number of aliphatic carboxylic acids is 1. The van der Waals surface area contributed by atoms with Gasteiger partial charge in [0.25, 0.3) is 0 Å². The summed E-state index contributed by atoms with van der Waals surface area (Å²) in [5, 5.41) is 11.3. The Morgan fingerprint density at radius 3 is 2.31 bits per heavy atom. The first-order valence-corrected chi connectivity index (χ1v) is 5.22. The molecular formula is C11H21N2O3+. The average molecular weight is 229 g/mol. The lowest BCUT2D eigenvalue weighted by atomic mass is 10.3. The highest BCUT2D eigenvalue weighted by atomic mass is 16.4. The van der Waals surface area contributed by atoms with E-state index in [-0.39, 0.29) is 12.3 Å². The van der Waals surface area contributed by atoms with Crippen LogP contribution in [0.15, 0.2) is 12.2 Å². The molecule has 0 saturated carbocycles. The summed E-state index contributed by atoms with van der Waals surface area (Å²) in [6.45, 7) is 6.97. The molecule has 0 aromatic rings. The van der Waals surface area contributed by atoms with Crippen LogP contribution in [0.1, 0.15) is 13.3 Å². The molecule has 0 spiro atoms. The molecule has 0 saturated heterocycles. The van der Waals surface area contributed by atoms with E-state index in [0.29, 0.717) is 29.7 Å². The Kier molecular flexibility index (Phi) is 5.74. The summed E-state index contributed by atoms with van der Waals surface area (Å²) >= 11 is 0. The van der Waals surface area contributed by atoms with E-state index in [1.165, 1.54) is 0 Å². The molecule has 0 rings (SSSR count). The summed E-state index contributed by atoms with van der Waals surface area (Å²) < 4.78 is 0.572. The number of quaternary nitrogens is 1. The minimum atomic E-state index is -0.794. The quantitative estimate of drug-likeness (QED) is 0.485. The number of hydrogen-bond acceptors (Lipinski definition) is 2. The molecule has 0 radical (unpaired) electrons. The molecule has 0 unspecified atom stereocenters. The van der Waals surface area contributed by atoms with Crippen LogP contribution in [-0.2, 0) is 9.59 Å². The van der Waals surface area contributed by atoms with Gasteiger partial charge in [-0.05, 0) is 6.92 Å². The minimum Gasteiger partial charge on any atom is -0.481 e. The highest BCUT2D eigenvalue weighted by Gasteiger charge is 2.16. The van der Waals surface area contributed by atoms with Crippen molar-refractivity contribution >= 4 is 11.9 Å². The van der Waals surface area contributed by atoms with Gasteiger partial charge in [0.1, 0.15) is 0 Å². The zero-order valence-electron chi connectivity index (χ0n) is 10.2. The van der Waals surface area contributed by atoms with Gasteiger partial charge >= 0.3 is 5.97 Å². The highest BCUT2D eigenvalue weighted by molar-refractivity contribution is 5.92. The topological polar surface area (TPSA) is 66.4 Å². The van der Waals surface area contributed by atoms with Gasteiger partial charge in [-0.25, -0.2) is 0 Å². The van der Waals surface area contributed by atoms with Crippen LogP contribution in [0.25, 0.3) is 0 Å². The Morgan fingerprint density at radius 1 is 1.31 bits per heavy atom. The van der Waals surface area contributed by atoms with Crippen LogP contribution < -0.4 is 5.32 Å². The third-order valence-electron chi connectivity index (χ3n) is 2.32. The molecule has 5 heteroatoms. The second kappa shape index (κ2) is 6.27. The number of likely N-dealkylation sites (N-methyl/N-ethyl adjacent to an activating group) is 1.